The van der Waals surface area contributed by atoms with Gasteiger partial charge in [0.05, 0.1) is 16.6 Å². The summed E-state index contributed by atoms with van der Waals surface area (Å²) in [5.41, 5.74) is 4.10. The Hall–Kier alpha value is -2.63. The van der Waals surface area contributed by atoms with Gasteiger partial charge in [-0.05, 0) is 46.3 Å². The largest absolute Gasteiger partial charge is 0.355 e. The summed E-state index contributed by atoms with van der Waals surface area (Å²) in [6.07, 6.45) is 0. The second kappa shape index (κ2) is 5.69. The van der Waals surface area contributed by atoms with Crippen molar-refractivity contribution < 1.29 is 9.32 Å². The summed E-state index contributed by atoms with van der Waals surface area (Å²) < 4.78 is 6.35. The lowest BCUT2D eigenvalue weighted by Crippen LogP contribution is -2.11. The van der Waals surface area contributed by atoms with Gasteiger partial charge in [0.25, 0.3) is 0 Å². The molecule has 126 valence electrons. The van der Waals surface area contributed by atoms with E-state index in [2.05, 4.69) is 26.4 Å². The Bertz CT molecular complexity index is 1200. The third kappa shape index (κ3) is 2.21. The highest BCUT2D eigenvalue weighted by Gasteiger charge is 2.32. The Balaban J connectivity index is 1.78. The lowest BCUT2D eigenvalue weighted by Gasteiger charge is -2.18. The number of rotatable bonds is 2. The van der Waals surface area contributed by atoms with Gasteiger partial charge in [0.15, 0.2) is 11.5 Å². The molecule has 4 aromatic rings. The predicted molar refractivity (Wildman–Crippen MR) is 105 cm³/mol. The molecule has 0 amide bonds. The number of carbonyl (C=O) groups excluding carboxylic acids is 1. The Morgan fingerprint density at radius 2 is 1.77 bits per heavy atom. The molecule has 0 spiro atoms. The maximum atomic E-state index is 13.2. The minimum Gasteiger partial charge on any atom is -0.355 e. The first-order chi connectivity index (χ1) is 12.6. The zero-order valence-corrected chi connectivity index (χ0v) is 15.6. The van der Waals surface area contributed by atoms with Crippen molar-refractivity contribution in [3.63, 3.8) is 0 Å². The minimum atomic E-state index is -0.0507. The first kappa shape index (κ1) is 15.6. The summed E-state index contributed by atoms with van der Waals surface area (Å²) in [5.74, 6) is 0.566. The van der Waals surface area contributed by atoms with Crippen molar-refractivity contribution in [2.75, 3.05) is 5.32 Å². The summed E-state index contributed by atoms with van der Waals surface area (Å²) in [4.78, 5) is 13.2. The second-order valence-electron chi connectivity index (χ2n) is 6.02. The maximum Gasteiger partial charge on any atom is 0.196 e. The lowest BCUT2D eigenvalue weighted by atomic mass is 9.87. The predicted octanol–water partition coefficient (Wildman–Crippen LogP) is 6.20. The van der Waals surface area contributed by atoms with Gasteiger partial charge in [-0.25, -0.2) is 0 Å². The Kier molecular flexibility index (Phi) is 3.42. The summed E-state index contributed by atoms with van der Waals surface area (Å²) in [7, 11) is 0. The van der Waals surface area contributed by atoms with Gasteiger partial charge < -0.3 is 9.84 Å². The molecule has 0 atom stereocenters. The van der Waals surface area contributed by atoms with Crippen LogP contribution in [-0.4, -0.2) is 10.9 Å². The van der Waals surface area contributed by atoms with E-state index in [1.165, 1.54) is 0 Å². The van der Waals surface area contributed by atoms with Crippen molar-refractivity contribution in [3.8, 4) is 11.3 Å². The molecule has 4 nitrogen and oxygen atoms in total. The number of ketones is 1. The molecular formula is C20H10BrClN2O2. The quantitative estimate of drug-likeness (QED) is 0.366. The highest BCUT2D eigenvalue weighted by Crippen LogP contribution is 2.45. The first-order valence-corrected chi connectivity index (χ1v) is 9.09. The Morgan fingerprint density at radius 1 is 1.04 bits per heavy atom. The van der Waals surface area contributed by atoms with Gasteiger partial charge in [0, 0.05) is 26.3 Å². The fourth-order valence-electron chi connectivity index (χ4n) is 3.31. The fourth-order valence-corrected chi connectivity index (χ4v) is 3.93. The Labute approximate surface area is 161 Å². The monoisotopic (exact) mass is 424 g/mol. The standard InChI is InChI=1S/C20H10BrClN2O2/c21-14-9-15(23-11-7-5-10(22)6-8-11)16-17-18(14)24-26-20(17)13-4-2-1-3-12(13)19(16)25/h1-9,23H. The van der Waals surface area contributed by atoms with Gasteiger partial charge in [0.2, 0.25) is 0 Å². The van der Waals surface area contributed by atoms with Gasteiger partial charge in [-0.1, -0.05) is 41.0 Å². The van der Waals surface area contributed by atoms with E-state index in [-0.39, 0.29) is 5.78 Å². The average molecular weight is 426 g/mol. The smallest absolute Gasteiger partial charge is 0.196 e. The molecule has 1 aliphatic carbocycles. The van der Waals surface area contributed by atoms with Crippen LogP contribution in [0.2, 0.25) is 5.02 Å². The normalized spacial score (nSPS) is 12.3. The van der Waals surface area contributed by atoms with E-state index in [9.17, 15) is 4.79 Å². The molecule has 3 aromatic carbocycles. The SMILES string of the molecule is O=C1c2ccccc2-c2onc3c(Br)cc(Nc4ccc(Cl)cc4)c1c23. The van der Waals surface area contributed by atoms with Crippen LogP contribution in [-0.2, 0) is 0 Å². The number of benzene rings is 3. The van der Waals surface area contributed by atoms with Crippen LogP contribution in [0.5, 0.6) is 0 Å². The van der Waals surface area contributed by atoms with Crippen molar-refractivity contribution in [1.29, 1.82) is 0 Å². The van der Waals surface area contributed by atoms with Gasteiger partial charge in [-0.15, -0.1) is 0 Å². The van der Waals surface area contributed by atoms with Crippen LogP contribution in [0.4, 0.5) is 11.4 Å². The number of hydrogen-bond acceptors (Lipinski definition) is 4. The lowest BCUT2D eigenvalue weighted by molar-refractivity contribution is 0.104. The average Bonchev–Trinajstić information content (AvgIpc) is 3.09. The highest BCUT2D eigenvalue weighted by molar-refractivity contribution is 9.10. The molecule has 0 fully saturated rings. The van der Waals surface area contributed by atoms with Crippen LogP contribution in [0.25, 0.3) is 22.2 Å². The van der Waals surface area contributed by atoms with Gasteiger partial charge in [-0.2, -0.15) is 0 Å². The zero-order chi connectivity index (χ0) is 17.8. The van der Waals surface area contributed by atoms with Crippen LogP contribution < -0.4 is 5.32 Å². The van der Waals surface area contributed by atoms with E-state index in [0.717, 1.165) is 21.1 Å². The van der Waals surface area contributed by atoms with Crippen LogP contribution in [0, 0.1) is 0 Å². The number of nitrogens with zero attached hydrogens (tertiary/aromatic N) is 1. The molecule has 0 radical (unpaired) electrons. The van der Waals surface area contributed by atoms with Crippen LogP contribution in [0.3, 0.4) is 0 Å². The summed E-state index contributed by atoms with van der Waals surface area (Å²) in [5, 5.41) is 8.85. The number of aromatic nitrogens is 1. The molecule has 1 N–H and O–H groups in total. The molecule has 26 heavy (non-hydrogen) atoms. The molecule has 0 saturated carbocycles. The van der Waals surface area contributed by atoms with Crippen molar-refractivity contribution in [2.24, 2.45) is 0 Å². The number of hydrogen-bond donors (Lipinski definition) is 1. The van der Waals surface area contributed by atoms with Crippen molar-refractivity contribution >= 4 is 55.6 Å². The van der Waals surface area contributed by atoms with Crippen LogP contribution >= 0.6 is 27.5 Å². The number of halogens is 2. The van der Waals surface area contributed by atoms with Gasteiger partial charge >= 0.3 is 0 Å². The summed E-state index contributed by atoms with van der Waals surface area (Å²) in [6, 6.07) is 16.6. The molecule has 5 rings (SSSR count). The molecule has 0 bridgehead atoms. The van der Waals surface area contributed by atoms with E-state index in [1.54, 1.807) is 12.1 Å². The molecule has 1 aliphatic rings. The van der Waals surface area contributed by atoms with Crippen molar-refractivity contribution in [2.45, 2.75) is 0 Å². The topological polar surface area (TPSA) is 55.1 Å². The van der Waals surface area contributed by atoms with E-state index in [4.69, 9.17) is 16.1 Å². The molecule has 0 saturated heterocycles. The third-order valence-corrected chi connectivity index (χ3v) is 5.33. The van der Waals surface area contributed by atoms with E-state index >= 15 is 0 Å². The van der Waals surface area contributed by atoms with E-state index < -0.39 is 0 Å². The van der Waals surface area contributed by atoms with Crippen LogP contribution in [0.1, 0.15) is 15.9 Å². The second-order valence-corrected chi connectivity index (χ2v) is 7.31. The fraction of sp³-hybridized carbons (Fsp3) is 0. The summed E-state index contributed by atoms with van der Waals surface area (Å²) in [6.45, 7) is 0. The van der Waals surface area contributed by atoms with Crippen molar-refractivity contribution in [1.82, 2.24) is 5.16 Å². The number of fused-ring (bicyclic) bond motifs is 2. The Morgan fingerprint density at radius 3 is 2.54 bits per heavy atom. The summed E-state index contributed by atoms with van der Waals surface area (Å²) >= 11 is 9.50. The highest BCUT2D eigenvalue weighted by atomic mass is 79.9. The van der Waals surface area contributed by atoms with E-state index in [1.807, 2.05) is 42.5 Å². The van der Waals surface area contributed by atoms with Crippen molar-refractivity contribution in [3.05, 3.63) is 75.2 Å². The molecule has 6 heteroatoms. The minimum absolute atomic E-state index is 0.0507. The number of carbonyl (C=O) groups is 1. The van der Waals surface area contributed by atoms with Gasteiger partial charge in [0.1, 0.15) is 5.52 Å². The number of anilines is 2. The van der Waals surface area contributed by atoms with Crippen LogP contribution in [0.15, 0.2) is 63.6 Å². The third-order valence-electron chi connectivity index (χ3n) is 4.48. The molecule has 1 aromatic heterocycles. The molecular weight excluding hydrogens is 416 g/mol. The maximum absolute atomic E-state index is 13.2. The molecule has 1 heterocycles. The molecule has 0 aliphatic heterocycles. The van der Waals surface area contributed by atoms with Gasteiger partial charge in [-0.3, -0.25) is 4.79 Å². The first-order valence-electron chi connectivity index (χ1n) is 7.92. The number of nitrogens with one attached hydrogen (secondary N) is 1. The van der Waals surface area contributed by atoms with E-state index in [0.29, 0.717) is 33.1 Å². The zero-order valence-electron chi connectivity index (χ0n) is 13.2. The molecule has 0 unspecified atom stereocenters.